The second-order valence-corrected chi connectivity index (χ2v) is 6.82. The maximum Gasteiger partial charge on any atom is 0.433 e. The molecule has 1 amide bonds. The first-order chi connectivity index (χ1) is 13.8. The molecule has 148 valence electrons. The van der Waals surface area contributed by atoms with Gasteiger partial charge in [-0.05, 0) is 65.9 Å². The van der Waals surface area contributed by atoms with E-state index in [0.29, 0.717) is 36.3 Å². The van der Waals surface area contributed by atoms with Crippen LogP contribution in [-0.2, 0) is 19.0 Å². The number of nitrogens with two attached hydrogens (primary N) is 1. The zero-order valence-electron chi connectivity index (χ0n) is 15.3. The first kappa shape index (κ1) is 18.9. The number of amides is 1. The summed E-state index contributed by atoms with van der Waals surface area (Å²) in [7, 11) is 0. The number of primary amides is 1. The van der Waals surface area contributed by atoms with Gasteiger partial charge in [-0.25, -0.2) is 4.98 Å². The van der Waals surface area contributed by atoms with E-state index in [4.69, 9.17) is 5.73 Å². The minimum atomic E-state index is -4.48. The lowest BCUT2D eigenvalue weighted by Crippen LogP contribution is -2.15. The molecule has 0 fully saturated rings. The van der Waals surface area contributed by atoms with Crippen molar-refractivity contribution in [3.63, 3.8) is 0 Å². The van der Waals surface area contributed by atoms with Crippen LogP contribution in [0.25, 0.3) is 0 Å². The van der Waals surface area contributed by atoms with Crippen molar-refractivity contribution in [1.29, 1.82) is 0 Å². The van der Waals surface area contributed by atoms with E-state index in [1.807, 2.05) is 17.0 Å². The first-order valence-corrected chi connectivity index (χ1v) is 8.99. The molecule has 29 heavy (non-hydrogen) atoms. The maximum atomic E-state index is 12.9. The van der Waals surface area contributed by atoms with Crippen LogP contribution < -0.4 is 10.6 Å². The van der Waals surface area contributed by atoms with Crippen LogP contribution in [0.1, 0.15) is 32.7 Å². The third kappa shape index (κ3) is 3.78. The van der Waals surface area contributed by atoms with Crippen LogP contribution in [0.15, 0.2) is 54.9 Å². The molecule has 2 N–H and O–H groups in total. The number of aromatic nitrogens is 2. The van der Waals surface area contributed by atoms with Gasteiger partial charge in [-0.2, -0.15) is 13.2 Å². The van der Waals surface area contributed by atoms with Crippen molar-refractivity contribution in [3.05, 3.63) is 82.8 Å². The lowest BCUT2D eigenvalue weighted by atomic mass is 10.0. The monoisotopic (exact) mass is 398 g/mol. The fourth-order valence-electron chi connectivity index (χ4n) is 3.60. The second kappa shape index (κ2) is 7.20. The Kier molecular flexibility index (Phi) is 4.70. The normalized spacial score (nSPS) is 13.4. The third-order valence-electron chi connectivity index (χ3n) is 4.90. The number of nitrogens with zero attached hydrogens (tertiary/aromatic N) is 3. The molecule has 1 aromatic carbocycles. The molecular formula is C21H17F3N4O. The van der Waals surface area contributed by atoms with Crippen molar-refractivity contribution in [3.8, 4) is 0 Å². The zero-order chi connectivity index (χ0) is 20.6. The van der Waals surface area contributed by atoms with Crippen LogP contribution >= 0.6 is 0 Å². The van der Waals surface area contributed by atoms with Gasteiger partial charge in [-0.15, -0.1) is 0 Å². The summed E-state index contributed by atoms with van der Waals surface area (Å²) < 4.78 is 38.7. The summed E-state index contributed by atoms with van der Waals surface area (Å²) >= 11 is 0. The van der Waals surface area contributed by atoms with Crippen molar-refractivity contribution < 1.29 is 18.0 Å². The zero-order valence-corrected chi connectivity index (χ0v) is 15.3. The SMILES string of the molecule is NC(=O)c1cccc2c1CCN2c1cc(Cc2ccnc(C(F)(F)F)c2)ccn1. The second-order valence-electron chi connectivity index (χ2n) is 6.82. The number of anilines is 2. The van der Waals surface area contributed by atoms with Gasteiger partial charge >= 0.3 is 6.18 Å². The molecule has 8 heteroatoms. The minimum absolute atomic E-state index is 0.323. The Morgan fingerprint density at radius 1 is 1.07 bits per heavy atom. The first-order valence-electron chi connectivity index (χ1n) is 8.99. The highest BCUT2D eigenvalue weighted by Gasteiger charge is 2.32. The summed E-state index contributed by atoms with van der Waals surface area (Å²) in [6.07, 6.45) is -0.686. The van der Waals surface area contributed by atoms with Gasteiger partial charge in [-0.3, -0.25) is 9.78 Å². The molecule has 0 spiro atoms. The molecule has 0 unspecified atom stereocenters. The number of pyridine rings is 2. The van der Waals surface area contributed by atoms with E-state index in [1.54, 1.807) is 30.5 Å². The van der Waals surface area contributed by atoms with Crippen LogP contribution in [0.5, 0.6) is 0 Å². The van der Waals surface area contributed by atoms with Crippen LogP contribution in [0.4, 0.5) is 24.7 Å². The Morgan fingerprint density at radius 2 is 1.79 bits per heavy atom. The van der Waals surface area contributed by atoms with Crippen LogP contribution in [0.3, 0.4) is 0 Å². The largest absolute Gasteiger partial charge is 0.433 e. The number of carbonyl (C=O) groups excluding carboxylic acids is 1. The predicted molar refractivity (Wildman–Crippen MR) is 102 cm³/mol. The average Bonchev–Trinajstić information content (AvgIpc) is 3.12. The highest BCUT2D eigenvalue weighted by molar-refractivity contribution is 5.96. The molecule has 0 atom stereocenters. The molecule has 0 radical (unpaired) electrons. The van der Waals surface area contributed by atoms with Gasteiger partial charge < -0.3 is 10.6 Å². The Balaban J connectivity index is 1.62. The summed E-state index contributed by atoms with van der Waals surface area (Å²) in [5, 5.41) is 0. The summed E-state index contributed by atoms with van der Waals surface area (Å²) in [5.74, 6) is 0.205. The van der Waals surface area contributed by atoms with Gasteiger partial charge in [0.05, 0.1) is 0 Å². The van der Waals surface area contributed by atoms with E-state index < -0.39 is 17.8 Å². The van der Waals surface area contributed by atoms with Gasteiger partial charge in [0.25, 0.3) is 0 Å². The topological polar surface area (TPSA) is 72.1 Å². The van der Waals surface area contributed by atoms with E-state index in [9.17, 15) is 18.0 Å². The van der Waals surface area contributed by atoms with Crippen molar-refractivity contribution in [2.45, 2.75) is 19.0 Å². The van der Waals surface area contributed by atoms with E-state index in [-0.39, 0.29) is 0 Å². The van der Waals surface area contributed by atoms with Crippen LogP contribution in [-0.4, -0.2) is 22.4 Å². The quantitative estimate of drug-likeness (QED) is 0.724. The van der Waals surface area contributed by atoms with Crippen molar-refractivity contribution in [1.82, 2.24) is 9.97 Å². The van der Waals surface area contributed by atoms with Gasteiger partial charge in [0.1, 0.15) is 11.5 Å². The molecule has 1 aliphatic rings. The molecule has 0 saturated carbocycles. The Morgan fingerprint density at radius 3 is 2.52 bits per heavy atom. The summed E-state index contributed by atoms with van der Waals surface area (Å²) in [6.45, 7) is 0.642. The molecule has 3 aromatic rings. The number of hydrogen-bond acceptors (Lipinski definition) is 4. The van der Waals surface area contributed by atoms with Crippen molar-refractivity contribution in [2.24, 2.45) is 5.73 Å². The summed E-state index contributed by atoms with van der Waals surface area (Å²) in [6, 6.07) is 11.6. The number of fused-ring (bicyclic) bond motifs is 1. The molecule has 2 aromatic heterocycles. The van der Waals surface area contributed by atoms with Gasteiger partial charge in [0, 0.05) is 30.2 Å². The number of benzene rings is 1. The van der Waals surface area contributed by atoms with E-state index in [2.05, 4.69) is 9.97 Å². The fraction of sp³-hybridized carbons (Fsp3) is 0.190. The van der Waals surface area contributed by atoms with Gasteiger partial charge in [0.15, 0.2) is 0 Å². The molecule has 1 aliphatic heterocycles. The van der Waals surface area contributed by atoms with Gasteiger partial charge in [-0.1, -0.05) is 6.07 Å². The lowest BCUT2D eigenvalue weighted by molar-refractivity contribution is -0.141. The standard InChI is InChI=1S/C21H17F3N4O/c22-21(23,24)18-11-13(4-7-26-18)10-14-5-8-27-19(12-14)28-9-6-15-16(20(25)29)2-1-3-17(15)28/h1-5,7-8,11-12H,6,9-10H2,(H2,25,29). The summed E-state index contributed by atoms with van der Waals surface area (Å²) in [4.78, 5) is 21.5. The molecule has 3 heterocycles. The molecular weight excluding hydrogens is 381 g/mol. The van der Waals surface area contributed by atoms with Gasteiger partial charge in [0.2, 0.25) is 5.91 Å². The predicted octanol–water partition coefficient (Wildman–Crippen LogP) is 3.88. The van der Waals surface area contributed by atoms with E-state index in [0.717, 1.165) is 22.9 Å². The third-order valence-corrected chi connectivity index (χ3v) is 4.90. The van der Waals surface area contributed by atoms with Crippen molar-refractivity contribution >= 4 is 17.4 Å². The Hall–Kier alpha value is -3.42. The van der Waals surface area contributed by atoms with Crippen molar-refractivity contribution in [2.75, 3.05) is 11.4 Å². The number of halogens is 3. The maximum absolute atomic E-state index is 12.9. The fourth-order valence-corrected chi connectivity index (χ4v) is 3.60. The minimum Gasteiger partial charge on any atom is -0.366 e. The number of carbonyl (C=O) groups is 1. The Labute approximate surface area is 165 Å². The molecule has 0 bridgehead atoms. The smallest absolute Gasteiger partial charge is 0.366 e. The molecule has 4 rings (SSSR count). The van der Waals surface area contributed by atoms with Crippen LogP contribution in [0, 0.1) is 0 Å². The highest BCUT2D eigenvalue weighted by Crippen LogP contribution is 2.36. The average molecular weight is 398 g/mol. The summed E-state index contributed by atoms with van der Waals surface area (Å²) in [5.41, 5.74) is 8.16. The Bertz CT molecular complexity index is 1080. The van der Waals surface area contributed by atoms with E-state index in [1.165, 1.54) is 6.20 Å². The number of rotatable bonds is 4. The lowest BCUT2D eigenvalue weighted by Gasteiger charge is -2.19. The number of alkyl halides is 3. The molecule has 0 aliphatic carbocycles. The molecule has 0 saturated heterocycles. The highest BCUT2D eigenvalue weighted by atomic mass is 19.4. The van der Waals surface area contributed by atoms with E-state index >= 15 is 0 Å². The van der Waals surface area contributed by atoms with Crippen LogP contribution in [0.2, 0.25) is 0 Å². The molecule has 5 nitrogen and oxygen atoms in total. The number of hydrogen-bond donors (Lipinski definition) is 1.